The van der Waals surface area contributed by atoms with Crippen LogP contribution in [0, 0.1) is 17.1 Å². The Hall–Kier alpha value is -2.59. The molecule has 2 aromatic rings. The summed E-state index contributed by atoms with van der Waals surface area (Å²) in [6.07, 6.45) is 0.252. The van der Waals surface area contributed by atoms with Crippen LogP contribution in [0.15, 0.2) is 47.4 Å². The standard InChI is InChI=1S/C15H13FN2O3S/c1-21-15-10-13(6-7-14(15)16)22(19,20)18-12-4-2-11(3-5-12)8-9-17/h2-7,10,18H,8H2,1H3. The maximum absolute atomic E-state index is 13.3. The Morgan fingerprint density at radius 2 is 1.91 bits per heavy atom. The van der Waals surface area contributed by atoms with Gasteiger partial charge in [-0.1, -0.05) is 12.1 Å². The van der Waals surface area contributed by atoms with E-state index in [1.54, 1.807) is 24.3 Å². The minimum Gasteiger partial charge on any atom is -0.494 e. The molecule has 0 saturated carbocycles. The second-order valence-electron chi connectivity index (χ2n) is 4.43. The van der Waals surface area contributed by atoms with Crippen molar-refractivity contribution in [2.24, 2.45) is 0 Å². The molecular formula is C15H13FN2O3S. The normalized spacial score (nSPS) is 10.8. The molecule has 0 aromatic heterocycles. The fourth-order valence-corrected chi connectivity index (χ4v) is 2.88. The SMILES string of the molecule is COc1cc(S(=O)(=O)Nc2ccc(CC#N)cc2)ccc1F. The zero-order valence-electron chi connectivity index (χ0n) is 11.7. The van der Waals surface area contributed by atoms with Crippen LogP contribution in [0.3, 0.4) is 0 Å². The van der Waals surface area contributed by atoms with E-state index in [4.69, 9.17) is 10.00 Å². The zero-order chi connectivity index (χ0) is 16.2. The number of ether oxygens (including phenoxy) is 1. The average Bonchev–Trinajstić information content (AvgIpc) is 2.49. The van der Waals surface area contributed by atoms with Crippen molar-refractivity contribution in [2.75, 3.05) is 11.8 Å². The van der Waals surface area contributed by atoms with Gasteiger partial charge in [-0.3, -0.25) is 4.72 Å². The Balaban J connectivity index is 2.26. The molecule has 0 bridgehead atoms. The lowest BCUT2D eigenvalue weighted by atomic mass is 10.1. The summed E-state index contributed by atoms with van der Waals surface area (Å²) >= 11 is 0. The molecule has 0 spiro atoms. The number of rotatable bonds is 5. The van der Waals surface area contributed by atoms with E-state index in [9.17, 15) is 12.8 Å². The Kier molecular flexibility index (Phi) is 4.63. The molecular weight excluding hydrogens is 307 g/mol. The maximum Gasteiger partial charge on any atom is 0.262 e. The summed E-state index contributed by atoms with van der Waals surface area (Å²) in [6.45, 7) is 0. The first-order valence-electron chi connectivity index (χ1n) is 6.28. The third-order valence-electron chi connectivity index (χ3n) is 2.92. The number of sulfonamides is 1. The molecule has 5 nitrogen and oxygen atoms in total. The van der Waals surface area contributed by atoms with Crippen LogP contribution < -0.4 is 9.46 Å². The zero-order valence-corrected chi connectivity index (χ0v) is 12.5. The Morgan fingerprint density at radius 3 is 2.50 bits per heavy atom. The van der Waals surface area contributed by atoms with Crippen LogP contribution in [0.4, 0.5) is 10.1 Å². The van der Waals surface area contributed by atoms with Gasteiger partial charge in [0.25, 0.3) is 10.0 Å². The number of nitrogens with zero attached hydrogens (tertiary/aromatic N) is 1. The molecule has 7 heteroatoms. The first-order valence-corrected chi connectivity index (χ1v) is 7.77. The highest BCUT2D eigenvalue weighted by Gasteiger charge is 2.16. The molecule has 0 aliphatic rings. The van der Waals surface area contributed by atoms with E-state index < -0.39 is 15.8 Å². The number of halogens is 1. The third-order valence-corrected chi connectivity index (χ3v) is 4.30. The summed E-state index contributed by atoms with van der Waals surface area (Å²) in [4.78, 5) is -0.105. The molecule has 0 heterocycles. The van der Waals surface area contributed by atoms with Crippen molar-refractivity contribution in [1.82, 2.24) is 0 Å². The Bertz CT molecular complexity index is 812. The van der Waals surface area contributed by atoms with Gasteiger partial charge in [0, 0.05) is 11.8 Å². The van der Waals surface area contributed by atoms with Crippen LogP contribution >= 0.6 is 0 Å². The van der Waals surface area contributed by atoms with Gasteiger partial charge < -0.3 is 4.74 Å². The molecule has 114 valence electrons. The summed E-state index contributed by atoms with van der Waals surface area (Å²) in [7, 11) is -2.59. The molecule has 1 N–H and O–H groups in total. The topological polar surface area (TPSA) is 79.2 Å². The van der Waals surface area contributed by atoms with Crippen molar-refractivity contribution in [3.63, 3.8) is 0 Å². The average molecular weight is 320 g/mol. The largest absolute Gasteiger partial charge is 0.494 e. The van der Waals surface area contributed by atoms with Crippen LogP contribution in [-0.4, -0.2) is 15.5 Å². The molecule has 0 fully saturated rings. The van der Waals surface area contributed by atoms with Gasteiger partial charge in [-0.05, 0) is 29.8 Å². The molecule has 0 unspecified atom stereocenters. The van der Waals surface area contributed by atoms with Crippen molar-refractivity contribution in [3.8, 4) is 11.8 Å². The van der Waals surface area contributed by atoms with Gasteiger partial charge in [0.2, 0.25) is 0 Å². The molecule has 0 atom stereocenters. The number of hydrogen-bond donors (Lipinski definition) is 1. The summed E-state index contributed by atoms with van der Waals surface area (Å²) in [5, 5.41) is 8.59. The Labute approximate surface area is 128 Å². The van der Waals surface area contributed by atoms with Crippen LogP contribution in [0.2, 0.25) is 0 Å². The van der Waals surface area contributed by atoms with Crippen molar-refractivity contribution >= 4 is 15.7 Å². The molecule has 0 aliphatic carbocycles. The van der Waals surface area contributed by atoms with Crippen molar-refractivity contribution in [3.05, 3.63) is 53.8 Å². The van der Waals surface area contributed by atoms with Gasteiger partial charge in [0.05, 0.1) is 24.5 Å². The van der Waals surface area contributed by atoms with E-state index in [1.165, 1.54) is 7.11 Å². The fourth-order valence-electron chi connectivity index (χ4n) is 1.80. The second-order valence-corrected chi connectivity index (χ2v) is 6.12. The number of methoxy groups -OCH3 is 1. The number of hydrogen-bond acceptors (Lipinski definition) is 4. The molecule has 2 rings (SSSR count). The lowest BCUT2D eigenvalue weighted by molar-refractivity contribution is 0.385. The van der Waals surface area contributed by atoms with Crippen LogP contribution in [0.5, 0.6) is 5.75 Å². The van der Waals surface area contributed by atoms with Gasteiger partial charge in [-0.15, -0.1) is 0 Å². The lowest BCUT2D eigenvalue weighted by Gasteiger charge is -2.10. The van der Waals surface area contributed by atoms with Gasteiger partial charge in [-0.2, -0.15) is 5.26 Å². The fraction of sp³-hybridized carbons (Fsp3) is 0.133. The minimum atomic E-state index is -3.85. The minimum absolute atomic E-state index is 0.105. The third kappa shape index (κ3) is 3.54. The highest BCUT2D eigenvalue weighted by molar-refractivity contribution is 7.92. The Morgan fingerprint density at radius 1 is 1.23 bits per heavy atom. The molecule has 2 aromatic carbocycles. The summed E-state index contributed by atoms with van der Waals surface area (Å²) in [5.74, 6) is -0.783. The second kappa shape index (κ2) is 6.45. The van der Waals surface area contributed by atoms with Gasteiger partial charge in [0.1, 0.15) is 0 Å². The highest BCUT2D eigenvalue weighted by atomic mass is 32.2. The predicted octanol–water partition coefficient (Wildman–Crippen LogP) is 2.70. The molecule has 0 aliphatic heterocycles. The molecule has 22 heavy (non-hydrogen) atoms. The molecule has 0 radical (unpaired) electrons. The van der Waals surface area contributed by atoms with Crippen molar-refractivity contribution in [1.29, 1.82) is 5.26 Å². The van der Waals surface area contributed by atoms with E-state index in [1.807, 2.05) is 6.07 Å². The van der Waals surface area contributed by atoms with E-state index in [-0.39, 0.29) is 17.1 Å². The summed E-state index contributed by atoms with van der Waals surface area (Å²) in [6, 6.07) is 11.7. The number of nitrogens with one attached hydrogen (secondary N) is 1. The van der Waals surface area contributed by atoms with Gasteiger partial charge in [0.15, 0.2) is 11.6 Å². The lowest BCUT2D eigenvalue weighted by Crippen LogP contribution is -2.13. The van der Waals surface area contributed by atoms with E-state index in [0.29, 0.717) is 5.69 Å². The number of anilines is 1. The van der Waals surface area contributed by atoms with E-state index in [0.717, 1.165) is 23.8 Å². The van der Waals surface area contributed by atoms with Crippen LogP contribution in [0.1, 0.15) is 5.56 Å². The van der Waals surface area contributed by atoms with E-state index in [2.05, 4.69) is 4.72 Å². The number of benzene rings is 2. The summed E-state index contributed by atoms with van der Waals surface area (Å²) < 4.78 is 45.0. The molecule has 0 saturated heterocycles. The summed E-state index contributed by atoms with van der Waals surface area (Å²) in [5.41, 5.74) is 1.14. The van der Waals surface area contributed by atoms with Crippen molar-refractivity contribution < 1.29 is 17.5 Å². The van der Waals surface area contributed by atoms with Crippen LogP contribution in [0.25, 0.3) is 0 Å². The van der Waals surface area contributed by atoms with Crippen molar-refractivity contribution in [2.45, 2.75) is 11.3 Å². The van der Waals surface area contributed by atoms with Gasteiger partial charge in [-0.25, -0.2) is 12.8 Å². The first kappa shape index (κ1) is 15.8. The smallest absolute Gasteiger partial charge is 0.262 e. The van der Waals surface area contributed by atoms with Crippen LogP contribution in [-0.2, 0) is 16.4 Å². The predicted molar refractivity (Wildman–Crippen MR) is 79.5 cm³/mol. The quantitative estimate of drug-likeness (QED) is 0.918. The van der Waals surface area contributed by atoms with E-state index >= 15 is 0 Å². The molecule has 0 amide bonds. The first-order chi connectivity index (χ1) is 10.5. The number of nitriles is 1. The maximum atomic E-state index is 13.3. The highest BCUT2D eigenvalue weighted by Crippen LogP contribution is 2.23. The monoisotopic (exact) mass is 320 g/mol. The van der Waals surface area contributed by atoms with Gasteiger partial charge >= 0.3 is 0 Å².